The Hall–Kier alpha value is -2.73. The summed E-state index contributed by atoms with van der Waals surface area (Å²) in [7, 11) is 0. The number of piperazine rings is 1. The number of nitrogens with one attached hydrogen (secondary N) is 1. The Morgan fingerprint density at radius 3 is 2.35 bits per heavy atom. The molecular formula is C22H27F3N4O2. The minimum Gasteiger partial charge on any atom is -0.342 e. The van der Waals surface area contributed by atoms with Crippen molar-refractivity contribution < 1.29 is 22.8 Å². The number of hydrogen-bond donors (Lipinski definition) is 1. The normalized spacial score (nSPS) is 17.6. The SMILES string of the molecule is O=C(CN1CCN(C(=O)NCC#Cc2cccc(C(F)(F)F)c2)CC1)N1CCCCC1. The van der Waals surface area contributed by atoms with Crippen molar-refractivity contribution >= 4 is 11.9 Å². The zero-order valence-electron chi connectivity index (χ0n) is 17.4. The maximum absolute atomic E-state index is 12.7. The van der Waals surface area contributed by atoms with Crippen molar-refractivity contribution in [2.45, 2.75) is 25.4 Å². The Morgan fingerprint density at radius 1 is 0.968 bits per heavy atom. The van der Waals surface area contributed by atoms with E-state index in [-0.39, 0.29) is 24.0 Å². The van der Waals surface area contributed by atoms with Crippen LogP contribution in [-0.4, -0.2) is 79.0 Å². The molecule has 0 radical (unpaired) electrons. The fourth-order valence-electron chi connectivity index (χ4n) is 3.69. The lowest BCUT2D eigenvalue weighted by atomic mass is 10.1. The summed E-state index contributed by atoms with van der Waals surface area (Å²) in [6.45, 7) is 4.39. The average Bonchev–Trinajstić information content (AvgIpc) is 2.77. The zero-order chi connectivity index (χ0) is 22.3. The Morgan fingerprint density at radius 2 is 1.68 bits per heavy atom. The number of likely N-dealkylation sites (tertiary alicyclic amines) is 1. The zero-order valence-corrected chi connectivity index (χ0v) is 17.4. The summed E-state index contributed by atoms with van der Waals surface area (Å²) in [6.07, 6.45) is -1.10. The lowest BCUT2D eigenvalue weighted by molar-refractivity contribution is -0.137. The first-order valence-electron chi connectivity index (χ1n) is 10.5. The molecule has 0 spiro atoms. The average molecular weight is 436 g/mol. The second-order valence-electron chi connectivity index (χ2n) is 7.74. The van der Waals surface area contributed by atoms with E-state index in [1.807, 2.05) is 4.90 Å². The van der Waals surface area contributed by atoms with Crippen molar-refractivity contribution in [3.63, 3.8) is 0 Å². The smallest absolute Gasteiger partial charge is 0.342 e. The first-order chi connectivity index (χ1) is 14.8. The predicted octanol–water partition coefficient (Wildman–Crippen LogP) is 2.40. The standard InChI is InChI=1S/C22H27F3N4O2/c23-22(24,25)19-8-4-6-18(16-19)7-5-9-26-21(31)29-14-12-27(13-15-29)17-20(30)28-10-2-1-3-11-28/h4,6,8,16H,1-3,9-15,17H2,(H,26,31). The summed E-state index contributed by atoms with van der Waals surface area (Å²) in [6, 6.07) is 4.52. The summed E-state index contributed by atoms with van der Waals surface area (Å²) in [5.74, 6) is 5.48. The number of piperidine rings is 1. The fraction of sp³-hybridized carbons (Fsp3) is 0.545. The van der Waals surface area contributed by atoms with Crippen LogP contribution in [0.3, 0.4) is 0 Å². The number of halogens is 3. The quantitative estimate of drug-likeness (QED) is 0.741. The van der Waals surface area contributed by atoms with E-state index in [1.165, 1.54) is 18.6 Å². The molecular weight excluding hydrogens is 409 g/mol. The fourth-order valence-corrected chi connectivity index (χ4v) is 3.69. The van der Waals surface area contributed by atoms with Gasteiger partial charge in [-0.15, -0.1) is 0 Å². The number of carbonyl (C=O) groups excluding carboxylic acids is 2. The van der Waals surface area contributed by atoms with Gasteiger partial charge >= 0.3 is 12.2 Å². The molecule has 3 rings (SSSR count). The second kappa shape index (κ2) is 10.5. The van der Waals surface area contributed by atoms with Crippen LogP contribution in [0, 0.1) is 11.8 Å². The molecule has 0 unspecified atom stereocenters. The molecule has 3 amide bonds. The van der Waals surface area contributed by atoms with E-state index in [1.54, 1.807) is 4.90 Å². The second-order valence-corrected chi connectivity index (χ2v) is 7.74. The van der Waals surface area contributed by atoms with Crippen molar-refractivity contribution in [3.05, 3.63) is 35.4 Å². The van der Waals surface area contributed by atoms with E-state index in [0.717, 1.165) is 38.1 Å². The molecule has 1 aromatic carbocycles. The summed E-state index contributed by atoms with van der Waals surface area (Å²) in [4.78, 5) is 30.3. The number of benzene rings is 1. The molecule has 1 aromatic rings. The van der Waals surface area contributed by atoms with Gasteiger partial charge in [-0.05, 0) is 37.5 Å². The highest BCUT2D eigenvalue weighted by Crippen LogP contribution is 2.29. The molecule has 0 bridgehead atoms. The van der Waals surface area contributed by atoms with Crippen molar-refractivity contribution in [3.8, 4) is 11.8 Å². The van der Waals surface area contributed by atoms with Gasteiger partial charge in [0.1, 0.15) is 0 Å². The number of carbonyl (C=O) groups is 2. The van der Waals surface area contributed by atoms with E-state index in [2.05, 4.69) is 22.1 Å². The molecule has 31 heavy (non-hydrogen) atoms. The molecule has 168 valence electrons. The van der Waals surface area contributed by atoms with Crippen LogP contribution in [0.1, 0.15) is 30.4 Å². The highest BCUT2D eigenvalue weighted by Gasteiger charge is 2.30. The predicted molar refractivity (Wildman–Crippen MR) is 110 cm³/mol. The van der Waals surface area contributed by atoms with Crippen LogP contribution >= 0.6 is 0 Å². The van der Waals surface area contributed by atoms with Crippen molar-refractivity contribution in [1.29, 1.82) is 0 Å². The highest BCUT2D eigenvalue weighted by molar-refractivity contribution is 5.78. The number of rotatable bonds is 3. The Labute approximate surface area is 180 Å². The topological polar surface area (TPSA) is 55.9 Å². The molecule has 2 aliphatic heterocycles. The van der Waals surface area contributed by atoms with Gasteiger partial charge in [0.15, 0.2) is 0 Å². The van der Waals surface area contributed by atoms with Gasteiger partial charge in [0.2, 0.25) is 5.91 Å². The van der Waals surface area contributed by atoms with Crippen molar-refractivity contribution in [2.75, 3.05) is 52.4 Å². The molecule has 9 heteroatoms. The third-order valence-corrected chi connectivity index (χ3v) is 5.48. The van der Waals surface area contributed by atoms with E-state index < -0.39 is 11.7 Å². The third-order valence-electron chi connectivity index (χ3n) is 5.48. The minimum absolute atomic E-state index is 0.0444. The van der Waals surface area contributed by atoms with Gasteiger partial charge in [-0.3, -0.25) is 9.69 Å². The van der Waals surface area contributed by atoms with Crippen molar-refractivity contribution in [2.24, 2.45) is 0 Å². The number of nitrogens with zero attached hydrogens (tertiary/aromatic N) is 3. The molecule has 6 nitrogen and oxygen atoms in total. The van der Waals surface area contributed by atoms with Gasteiger partial charge in [-0.2, -0.15) is 13.2 Å². The largest absolute Gasteiger partial charge is 0.416 e. The van der Waals surface area contributed by atoms with Gasteiger partial charge < -0.3 is 15.1 Å². The van der Waals surface area contributed by atoms with E-state index in [9.17, 15) is 22.8 Å². The molecule has 0 aromatic heterocycles. The number of amides is 3. The maximum Gasteiger partial charge on any atom is 0.416 e. The summed E-state index contributed by atoms with van der Waals surface area (Å²) < 4.78 is 38.2. The van der Waals surface area contributed by atoms with Gasteiger partial charge in [0.05, 0.1) is 18.7 Å². The van der Waals surface area contributed by atoms with Gasteiger partial charge in [0, 0.05) is 44.8 Å². The number of alkyl halides is 3. The number of hydrogen-bond acceptors (Lipinski definition) is 3. The van der Waals surface area contributed by atoms with Crippen LogP contribution in [0.4, 0.5) is 18.0 Å². The monoisotopic (exact) mass is 436 g/mol. The molecule has 1 N–H and O–H groups in total. The summed E-state index contributed by atoms with van der Waals surface area (Å²) in [5.41, 5.74) is -0.504. The molecule has 2 aliphatic rings. The first-order valence-corrected chi connectivity index (χ1v) is 10.5. The molecule has 0 saturated carbocycles. The highest BCUT2D eigenvalue weighted by atomic mass is 19.4. The van der Waals surface area contributed by atoms with Crippen LogP contribution in [0.15, 0.2) is 24.3 Å². The Balaban J connectivity index is 1.39. The van der Waals surface area contributed by atoms with Crippen LogP contribution in [0.5, 0.6) is 0 Å². The van der Waals surface area contributed by atoms with E-state index in [4.69, 9.17) is 0 Å². The van der Waals surface area contributed by atoms with Crippen molar-refractivity contribution in [1.82, 2.24) is 20.0 Å². The van der Waals surface area contributed by atoms with Crippen LogP contribution in [0.2, 0.25) is 0 Å². The summed E-state index contributed by atoms with van der Waals surface area (Å²) >= 11 is 0. The molecule has 0 atom stereocenters. The third kappa shape index (κ3) is 6.89. The van der Waals surface area contributed by atoms with E-state index >= 15 is 0 Å². The van der Waals surface area contributed by atoms with Crippen LogP contribution in [-0.2, 0) is 11.0 Å². The minimum atomic E-state index is -4.41. The van der Waals surface area contributed by atoms with Gasteiger partial charge in [-0.25, -0.2) is 4.79 Å². The van der Waals surface area contributed by atoms with Gasteiger partial charge in [0.25, 0.3) is 0 Å². The first kappa shape index (κ1) is 22.9. The Bertz CT molecular complexity index is 833. The van der Waals surface area contributed by atoms with Crippen LogP contribution in [0.25, 0.3) is 0 Å². The molecule has 2 saturated heterocycles. The Kier molecular flexibility index (Phi) is 7.80. The van der Waals surface area contributed by atoms with Gasteiger partial charge in [-0.1, -0.05) is 17.9 Å². The maximum atomic E-state index is 12.7. The molecule has 2 fully saturated rings. The molecule has 0 aliphatic carbocycles. The lowest BCUT2D eigenvalue weighted by Gasteiger charge is -2.35. The number of urea groups is 1. The summed E-state index contributed by atoms with van der Waals surface area (Å²) in [5, 5.41) is 2.67. The lowest BCUT2D eigenvalue weighted by Crippen LogP contribution is -2.54. The molecule has 2 heterocycles. The van der Waals surface area contributed by atoms with Crippen LogP contribution < -0.4 is 5.32 Å². The van der Waals surface area contributed by atoms with E-state index in [0.29, 0.717) is 32.7 Å².